The number of fused-ring (bicyclic) bond motifs is 6. The van der Waals surface area contributed by atoms with Crippen molar-refractivity contribution in [2.75, 3.05) is 4.90 Å². The zero-order valence-corrected chi connectivity index (χ0v) is 33.7. The Bertz CT molecular complexity index is 2550. The molecular weight excluding hydrogens is 707 g/mol. The molecule has 0 saturated heterocycles. The average molecular weight is 760 g/mol. The molecule has 5 nitrogen and oxygen atoms in total. The Balaban J connectivity index is 1.06. The SMILES string of the molecule is C=C/C=C(\C=C/C)C1NC(/C(C=C)=C/C=C(\C)n2c3c(c4cc(C5=CC6c7ccccc7N(C7=CC=CCC7)C6C=C5)ccc42)CCC=C3)=NC(C2=CCCC=C2)N1. The monoisotopic (exact) mass is 759 g/mol. The highest BCUT2D eigenvalue weighted by molar-refractivity contribution is 6.02. The number of nitrogens with zero attached hydrogens (tertiary/aromatic N) is 3. The van der Waals surface area contributed by atoms with Crippen molar-refractivity contribution in [1.82, 2.24) is 15.2 Å². The Morgan fingerprint density at radius 1 is 0.931 bits per heavy atom. The zero-order chi connectivity index (χ0) is 39.6. The van der Waals surface area contributed by atoms with E-state index in [1.807, 2.05) is 25.2 Å². The zero-order valence-electron chi connectivity index (χ0n) is 33.7. The molecule has 2 N–H and O–H groups in total. The minimum Gasteiger partial charge on any atom is -0.350 e. The molecule has 0 spiro atoms. The van der Waals surface area contributed by atoms with Crippen molar-refractivity contribution in [3.8, 4) is 0 Å². The van der Waals surface area contributed by atoms with E-state index in [4.69, 9.17) is 4.99 Å². The number of nitrogens with one attached hydrogen (secondary N) is 2. The maximum absolute atomic E-state index is 5.20. The van der Waals surface area contributed by atoms with E-state index in [2.05, 4.69) is 174 Å². The maximum Gasteiger partial charge on any atom is 0.131 e. The third kappa shape index (κ3) is 6.94. The first-order valence-electron chi connectivity index (χ1n) is 21.0. The number of rotatable bonds is 10. The van der Waals surface area contributed by atoms with Crippen LogP contribution in [0.3, 0.4) is 0 Å². The van der Waals surface area contributed by atoms with Crippen LogP contribution in [0.1, 0.15) is 74.3 Å². The van der Waals surface area contributed by atoms with Crippen LogP contribution in [0.5, 0.6) is 0 Å². The number of aryl methyl sites for hydroxylation is 1. The van der Waals surface area contributed by atoms with Crippen LogP contribution in [-0.4, -0.2) is 28.8 Å². The van der Waals surface area contributed by atoms with Gasteiger partial charge in [0.05, 0.1) is 11.6 Å². The first-order valence-corrected chi connectivity index (χ1v) is 21.0. The van der Waals surface area contributed by atoms with Crippen molar-refractivity contribution < 1.29 is 0 Å². The summed E-state index contributed by atoms with van der Waals surface area (Å²) in [6.45, 7) is 12.5. The molecule has 3 heterocycles. The number of aliphatic imine (C=N–C) groups is 1. The van der Waals surface area contributed by atoms with Crippen LogP contribution in [0.15, 0.2) is 186 Å². The summed E-state index contributed by atoms with van der Waals surface area (Å²) < 4.78 is 2.43. The predicted molar refractivity (Wildman–Crippen MR) is 247 cm³/mol. The van der Waals surface area contributed by atoms with Gasteiger partial charge >= 0.3 is 0 Å². The number of anilines is 1. The van der Waals surface area contributed by atoms with Crippen LogP contribution in [0.25, 0.3) is 28.2 Å². The Kier molecular flexibility index (Phi) is 10.6. The van der Waals surface area contributed by atoms with Crippen molar-refractivity contribution in [2.45, 2.75) is 76.7 Å². The van der Waals surface area contributed by atoms with Gasteiger partial charge in [0.15, 0.2) is 0 Å². The summed E-state index contributed by atoms with van der Waals surface area (Å²) in [5, 5.41) is 8.71. The van der Waals surface area contributed by atoms with Gasteiger partial charge in [-0.25, -0.2) is 4.99 Å². The summed E-state index contributed by atoms with van der Waals surface area (Å²) in [5.41, 5.74) is 15.0. The number of para-hydroxylation sites is 1. The summed E-state index contributed by atoms with van der Waals surface area (Å²) in [6, 6.07) is 16.4. The largest absolute Gasteiger partial charge is 0.350 e. The molecule has 3 aromatic rings. The summed E-state index contributed by atoms with van der Waals surface area (Å²) >= 11 is 0. The van der Waals surface area contributed by atoms with Crippen molar-refractivity contribution in [3.63, 3.8) is 0 Å². The molecule has 1 aromatic heterocycles. The molecule has 5 heteroatoms. The van der Waals surface area contributed by atoms with E-state index in [0.29, 0.717) is 12.0 Å². The first kappa shape index (κ1) is 37.4. The molecular formula is C53H53N5. The topological polar surface area (TPSA) is 44.6 Å². The lowest BCUT2D eigenvalue weighted by atomic mass is 9.86. The second kappa shape index (κ2) is 16.4. The fraction of sp³-hybridized carbons (Fsp3) is 0.226. The molecule has 4 aliphatic carbocycles. The van der Waals surface area contributed by atoms with Gasteiger partial charge in [-0.15, -0.1) is 0 Å². The fourth-order valence-electron chi connectivity index (χ4n) is 9.45. The summed E-state index contributed by atoms with van der Waals surface area (Å²) in [5.74, 6) is 1.12. The molecule has 4 unspecified atom stereocenters. The molecule has 0 saturated carbocycles. The predicted octanol–water partition coefficient (Wildman–Crippen LogP) is 11.9. The summed E-state index contributed by atoms with van der Waals surface area (Å²) in [4.78, 5) is 7.78. The van der Waals surface area contributed by atoms with E-state index >= 15 is 0 Å². The van der Waals surface area contributed by atoms with E-state index in [9.17, 15) is 0 Å². The van der Waals surface area contributed by atoms with Crippen LogP contribution in [0.4, 0.5) is 5.69 Å². The average Bonchev–Trinajstić information content (AvgIpc) is 3.79. The Hall–Kier alpha value is -6.17. The van der Waals surface area contributed by atoms with Gasteiger partial charge in [0.25, 0.3) is 0 Å². The quantitative estimate of drug-likeness (QED) is 0.202. The van der Waals surface area contributed by atoms with Gasteiger partial charge in [0, 0.05) is 39.7 Å². The van der Waals surface area contributed by atoms with Crippen LogP contribution < -0.4 is 15.5 Å². The smallest absolute Gasteiger partial charge is 0.131 e. The van der Waals surface area contributed by atoms with E-state index in [-0.39, 0.29) is 12.3 Å². The molecule has 0 amide bonds. The molecule has 290 valence electrons. The van der Waals surface area contributed by atoms with E-state index in [1.54, 1.807) is 0 Å². The molecule has 0 radical (unpaired) electrons. The second-order valence-corrected chi connectivity index (χ2v) is 15.8. The normalized spacial score (nSPS) is 24.2. The molecule has 2 aromatic carbocycles. The van der Waals surface area contributed by atoms with E-state index in [0.717, 1.165) is 61.2 Å². The van der Waals surface area contributed by atoms with Gasteiger partial charge in [-0.3, -0.25) is 5.32 Å². The minimum absolute atomic E-state index is 0.148. The fourth-order valence-corrected chi connectivity index (χ4v) is 9.45. The molecule has 0 fully saturated rings. The standard InChI is InChI=1S/C53H53N5/c1-5-18-38(19-6-2)52-54-51(55-53(56-52)39-20-10-8-11-21-39)37(7-3)29-28-36(4)57-47-26-16-14-24-43(47)45-34-40(30-32-49(45)57)41-31-33-50-46(35-41)44-25-15-17-27-48(44)58(50)42-22-12-9-13-23-42/h5-7,9-10,12,15-22,25-35,46,50,52-53,56H,1,3,8,11,13-14,23-24H2,2,4H3,(H,54,55)/b19-6-,36-28+,37-29+,38-18+. The highest BCUT2D eigenvalue weighted by Gasteiger charge is 2.39. The maximum atomic E-state index is 5.20. The van der Waals surface area contributed by atoms with E-state index < -0.39 is 0 Å². The van der Waals surface area contributed by atoms with Gasteiger partial charge in [-0.1, -0.05) is 122 Å². The van der Waals surface area contributed by atoms with Gasteiger partial charge < -0.3 is 14.8 Å². The molecule has 2 aliphatic heterocycles. The van der Waals surface area contributed by atoms with Gasteiger partial charge in [0.1, 0.15) is 18.2 Å². The van der Waals surface area contributed by atoms with Gasteiger partial charge in [0.2, 0.25) is 0 Å². The summed E-state index contributed by atoms with van der Waals surface area (Å²) in [7, 11) is 0. The van der Waals surface area contributed by atoms with Crippen molar-refractivity contribution in [1.29, 1.82) is 0 Å². The number of allylic oxidation sites excluding steroid dienone is 15. The Morgan fingerprint density at radius 3 is 2.62 bits per heavy atom. The van der Waals surface area contributed by atoms with Crippen LogP contribution >= 0.6 is 0 Å². The summed E-state index contributed by atoms with van der Waals surface area (Å²) in [6.07, 6.45) is 45.8. The van der Waals surface area contributed by atoms with Crippen LogP contribution in [0.2, 0.25) is 0 Å². The lowest BCUT2D eigenvalue weighted by Gasteiger charge is -2.33. The third-order valence-electron chi connectivity index (χ3n) is 12.2. The minimum atomic E-state index is -0.182. The van der Waals surface area contributed by atoms with Crippen LogP contribution in [-0.2, 0) is 6.42 Å². The Labute approximate surface area is 344 Å². The molecule has 4 atom stereocenters. The molecule has 9 rings (SSSR count). The number of hydrogen-bond donors (Lipinski definition) is 2. The number of benzene rings is 2. The van der Waals surface area contributed by atoms with Gasteiger partial charge in [-0.2, -0.15) is 0 Å². The van der Waals surface area contributed by atoms with Crippen molar-refractivity contribution in [2.24, 2.45) is 4.99 Å². The van der Waals surface area contributed by atoms with E-state index in [1.165, 1.54) is 55.8 Å². The molecule has 58 heavy (non-hydrogen) atoms. The number of amidine groups is 1. The van der Waals surface area contributed by atoms with Crippen molar-refractivity contribution >= 4 is 39.8 Å². The highest BCUT2D eigenvalue weighted by atomic mass is 15.3. The molecule has 6 aliphatic rings. The number of hydrogen-bond acceptors (Lipinski definition) is 4. The third-order valence-corrected chi connectivity index (χ3v) is 12.2. The lowest BCUT2D eigenvalue weighted by Crippen LogP contribution is -2.55. The highest BCUT2D eigenvalue weighted by Crippen LogP contribution is 2.48. The van der Waals surface area contributed by atoms with Crippen molar-refractivity contribution in [3.05, 3.63) is 204 Å². The number of aromatic nitrogens is 1. The Morgan fingerprint density at radius 2 is 1.81 bits per heavy atom. The lowest BCUT2D eigenvalue weighted by molar-refractivity contribution is 0.469. The first-order chi connectivity index (χ1) is 28.6. The second-order valence-electron chi connectivity index (χ2n) is 15.8. The van der Waals surface area contributed by atoms with Gasteiger partial charge in [-0.05, 0) is 128 Å². The molecule has 0 bridgehead atoms. The van der Waals surface area contributed by atoms with Crippen LogP contribution in [0, 0.1) is 0 Å².